The van der Waals surface area contributed by atoms with Gasteiger partial charge in [-0.05, 0) is 13.3 Å². The molecule has 2 amide bonds. The number of hydrogen-bond acceptors (Lipinski definition) is 2. The molecule has 12 heavy (non-hydrogen) atoms. The van der Waals surface area contributed by atoms with E-state index in [9.17, 15) is 9.59 Å². The van der Waals surface area contributed by atoms with Gasteiger partial charge in [0.2, 0.25) is 11.8 Å². The second kappa shape index (κ2) is 5.57. The molecule has 0 radical (unpaired) electrons. The van der Waals surface area contributed by atoms with Gasteiger partial charge in [0.1, 0.15) is 6.04 Å². The van der Waals surface area contributed by atoms with Crippen molar-refractivity contribution < 1.29 is 9.59 Å². The Morgan fingerprint density at radius 3 is 2.25 bits per heavy atom. The van der Waals surface area contributed by atoms with Crippen molar-refractivity contribution in [3.8, 4) is 0 Å². The Balaban J connectivity index is 3.96. The zero-order valence-corrected chi connectivity index (χ0v) is 7.81. The summed E-state index contributed by atoms with van der Waals surface area (Å²) in [6.07, 6.45) is 0.616. The summed E-state index contributed by atoms with van der Waals surface area (Å²) in [6, 6.07) is -0.387. The molecule has 1 atom stereocenters. The quantitative estimate of drug-likeness (QED) is 0.629. The van der Waals surface area contributed by atoms with E-state index in [2.05, 4.69) is 10.6 Å². The summed E-state index contributed by atoms with van der Waals surface area (Å²) in [7, 11) is 0. The summed E-state index contributed by atoms with van der Waals surface area (Å²) in [5.41, 5.74) is 0. The normalized spacial score (nSPS) is 11.9. The molecule has 70 valence electrons. The highest BCUT2D eigenvalue weighted by molar-refractivity contribution is 5.86. The van der Waals surface area contributed by atoms with E-state index in [0.29, 0.717) is 13.0 Å². The first-order valence-electron chi connectivity index (χ1n) is 4.16. The Morgan fingerprint density at radius 1 is 1.33 bits per heavy atom. The highest BCUT2D eigenvalue weighted by Crippen LogP contribution is 1.90. The summed E-state index contributed by atoms with van der Waals surface area (Å²) < 4.78 is 0. The largest absolute Gasteiger partial charge is 0.355 e. The topological polar surface area (TPSA) is 58.2 Å². The van der Waals surface area contributed by atoms with Crippen LogP contribution in [-0.4, -0.2) is 24.4 Å². The Morgan fingerprint density at radius 2 is 1.92 bits per heavy atom. The van der Waals surface area contributed by atoms with E-state index in [-0.39, 0.29) is 17.9 Å². The van der Waals surface area contributed by atoms with Gasteiger partial charge in [0.15, 0.2) is 0 Å². The zero-order valence-electron chi connectivity index (χ0n) is 7.81. The van der Waals surface area contributed by atoms with Gasteiger partial charge in [-0.15, -0.1) is 0 Å². The van der Waals surface area contributed by atoms with Gasteiger partial charge in [0.25, 0.3) is 0 Å². The van der Waals surface area contributed by atoms with Crippen LogP contribution in [-0.2, 0) is 9.59 Å². The zero-order chi connectivity index (χ0) is 9.56. The molecular weight excluding hydrogens is 156 g/mol. The van der Waals surface area contributed by atoms with Crippen LogP contribution in [0.3, 0.4) is 0 Å². The number of nitrogens with one attached hydrogen (secondary N) is 2. The molecule has 0 heterocycles. The number of rotatable bonds is 4. The van der Waals surface area contributed by atoms with Gasteiger partial charge in [-0.3, -0.25) is 9.59 Å². The minimum atomic E-state index is -0.387. The molecule has 0 aliphatic rings. The van der Waals surface area contributed by atoms with Crippen LogP contribution in [0.1, 0.15) is 27.2 Å². The van der Waals surface area contributed by atoms with Crippen LogP contribution in [0.5, 0.6) is 0 Å². The van der Waals surface area contributed by atoms with Crippen LogP contribution >= 0.6 is 0 Å². The molecule has 0 saturated heterocycles. The number of likely N-dealkylation sites (N-methyl/N-ethyl adjacent to an activating group) is 1. The Kier molecular flexibility index (Phi) is 5.08. The van der Waals surface area contributed by atoms with Crippen LogP contribution in [0.4, 0.5) is 0 Å². The Labute approximate surface area is 72.7 Å². The second-order valence-corrected chi connectivity index (χ2v) is 2.56. The molecular formula is C8H16N2O2. The van der Waals surface area contributed by atoms with E-state index < -0.39 is 0 Å². The van der Waals surface area contributed by atoms with Gasteiger partial charge in [-0.25, -0.2) is 0 Å². The minimum absolute atomic E-state index is 0.116. The molecule has 0 aliphatic heterocycles. The third kappa shape index (κ3) is 3.95. The van der Waals surface area contributed by atoms with Crippen molar-refractivity contribution in [3.05, 3.63) is 0 Å². The second-order valence-electron chi connectivity index (χ2n) is 2.56. The van der Waals surface area contributed by atoms with E-state index >= 15 is 0 Å². The predicted octanol–water partition coefficient (Wildman–Crippen LogP) is 0.0372. The molecule has 0 fully saturated rings. The molecule has 0 aromatic rings. The molecule has 4 heteroatoms. The SMILES string of the molecule is CCNC(=O)C(CC)NC(C)=O. The Hall–Kier alpha value is -1.06. The van der Waals surface area contributed by atoms with E-state index in [1.54, 1.807) is 0 Å². The maximum atomic E-state index is 11.2. The minimum Gasteiger partial charge on any atom is -0.355 e. The first kappa shape index (κ1) is 10.9. The molecule has 2 N–H and O–H groups in total. The lowest BCUT2D eigenvalue weighted by atomic mass is 10.2. The fourth-order valence-corrected chi connectivity index (χ4v) is 0.896. The average molecular weight is 172 g/mol. The van der Waals surface area contributed by atoms with Gasteiger partial charge >= 0.3 is 0 Å². The van der Waals surface area contributed by atoms with E-state index in [1.165, 1.54) is 6.92 Å². The van der Waals surface area contributed by atoms with Crippen molar-refractivity contribution >= 4 is 11.8 Å². The fraction of sp³-hybridized carbons (Fsp3) is 0.750. The van der Waals surface area contributed by atoms with Crippen molar-refractivity contribution in [3.63, 3.8) is 0 Å². The average Bonchev–Trinajstić information content (AvgIpc) is 2.00. The predicted molar refractivity (Wildman–Crippen MR) is 46.6 cm³/mol. The van der Waals surface area contributed by atoms with Gasteiger partial charge in [0.05, 0.1) is 0 Å². The van der Waals surface area contributed by atoms with E-state index in [0.717, 1.165) is 0 Å². The molecule has 0 aromatic carbocycles. The molecule has 0 aromatic heterocycles. The molecule has 1 unspecified atom stereocenters. The highest BCUT2D eigenvalue weighted by atomic mass is 16.2. The molecule has 0 saturated carbocycles. The monoisotopic (exact) mass is 172 g/mol. The fourth-order valence-electron chi connectivity index (χ4n) is 0.896. The van der Waals surface area contributed by atoms with E-state index in [4.69, 9.17) is 0 Å². The summed E-state index contributed by atoms with van der Waals surface area (Å²) in [5.74, 6) is -0.289. The van der Waals surface area contributed by atoms with Crippen molar-refractivity contribution in [1.29, 1.82) is 0 Å². The van der Waals surface area contributed by atoms with Crippen molar-refractivity contribution in [2.45, 2.75) is 33.2 Å². The Bertz CT molecular complexity index is 168. The molecule has 0 rings (SSSR count). The van der Waals surface area contributed by atoms with Gasteiger partial charge in [-0.1, -0.05) is 6.92 Å². The van der Waals surface area contributed by atoms with Crippen LogP contribution in [0, 0.1) is 0 Å². The third-order valence-corrected chi connectivity index (χ3v) is 1.45. The van der Waals surface area contributed by atoms with Crippen LogP contribution in [0.2, 0.25) is 0 Å². The molecule has 0 spiro atoms. The number of carbonyl (C=O) groups excluding carboxylic acids is 2. The van der Waals surface area contributed by atoms with E-state index in [1.807, 2.05) is 13.8 Å². The van der Waals surface area contributed by atoms with Crippen molar-refractivity contribution in [2.24, 2.45) is 0 Å². The highest BCUT2D eigenvalue weighted by Gasteiger charge is 2.15. The van der Waals surface area contributed by atoms with Crippen molar-refractivity contribution in [1.82, 2.24) is 10.6 Å². The third-order valence-electron chi connectivity index (χ3n) is 1.45. The maximum Gasteiger partial charge on any atom is 0.242 e. The molecule has 0 aliphatic carbocycles. The first-order chi connectivity index (χ1) is 5.61. The summed E-state index contributed by atoms with van der Waals surface area (Å²) in [6.45, 7) is 5.70. The summed E-state index contributed by atoms with van der Waals surface area (Å²) >= 11 is 0. The summed E-state index contributed by atoms with van der Waals surface area (Å²) in [4.78, 5) is 21.8. The summed E-state index contributed by atoms with van der Waals surface area (Å²) in [5, 5.41) is 5.21. The van der Waals surface area contributed by atoms with Gasteiger partial charge in [-0.2, -0.15) is 0 Å². The number of hydrogen-bond donors (Lipinski definition) is 2. The number of carbonyl (C=O) groups is 2. The maximum absolute atomic E-state index is 11.2. The lowest BCUT2D eigenvalue weighted by Crippen LogP contribution is -2.45. The lowest BCUT2D eigenvalue weighted by molar-refractivity contribution is -0.128. The number of amides is 2. The first-order valence-corrected chi connectivity index (χ1v) is 4.16. The van der Waals surface area contributed by atoms with Crippen molar-refractivity contribution in [2.75, 3.05) is 6.54 Å². The molecule has 0 bridgehead atoms. The van der Waals surface area contributed by atoms with Gasteiger partial charge < -0.3 is 10.6 Å². The lowest BCUT2D eigenvalue weighted by Gasteiger charge is -2.14. The smallest absolute Gasteiger partial charge is 0.242 e. The van der Waals surface area contributed by atoms with Gasteiger partial charge in [0, 0.05) is 13.5 Å². The van der Waals surface area contributed by atoms with Crippen LogP contribution in [0.25, 0.3) is 0 Å². The standard InChI is InChI=1S/C8H16N2O2/c1-4-7(10-6(3)11)8(12)9-5-2/h7H,4-5H2,1-3H3,(H,9,12)(H,10,11). The van der Waals surface area contributed by atoms with Crippen LogP contribution in [0.15, 0.2) is 0 Å². The van der Waals surface area contributed by atoms with Crippen LogP contribution < -0.4 is 10.6 Å². The molecule has 4 nitrogen and oxygen atoms in total.